The van der Waals surface area contributed by atoms with Crippen LogP contribution >= 0.6 is 0 Å². The van der Waals surface area contributed by atoms with Crippen molar-refractivity contribution in [2.45, 2.75) is 407 Å². The summed E-state index contributed by atoms with van der Waals surface area (Å²) in [6.45, 7) is 1.83. The van der Waals surface area contributed by atoms with Gasteiger partial charge in [-0.15, -0.1) is 0 Å². The van der Waals surface area contributed by atoms with Crippen molar-refractivity contribution >= 4 is 5.91 Å². The molecule has 3 aliphatic rings. The molecule has 19 nitrogen and oxygen atoms in total. The number of ether oxygens (including phenoxy) is 6. The molecular weight excluding hydrogens is 1130 g/mol. The van der Waals surface area contributed by atoms with Crippen LogP contribution in [0.3, 0.4) is 0 Å². The number of aliphatic hydroxyl groups is 11. The van der Waals surface area contributed by atoms with Gasteiger partial charge in [-0.05, 0) is 12.8 Å². The SMILES string of the molecule is CCCCCCCCCCCCCCCCCCCCCCCCCCCCCCCCC(=O)NC(COC1OC(CO)C(OC2OC(CO)C(OC3OC(CO)C(O)C(O)C3O)C(O)C2O)C(O)C1O)C(O)CCCCCCCCCCCCCCC. The monoisotopic (exact) mass is 1260 g/mol. The number of rotatable bonds is 57. The lowest BCUT2D eigenvalue weighted by Crippen LogP contribution is -2.66. The zero-order valence-electron chi connectivity index (χ0n) is 55.2. The zero-order chi connectivity index (χ0) is 64.0. The summed E-state index contributed by atoms with van der Waals surface area (Å²) in [6.07, 6.45) is 29.2. The number of nitrogens with one attached hydrogen (secondary N) is 1. The van der Waals surface area contributed by atoms with Gasteiger partial charge in [-0.1, -0.05) is 284 Å². The standard InChI is InChI=1S/C69H133NO18/c1-3-5-7-9-11-13-15-17-18-19-20-21-22-23-24-25-26-27-28-29-30-31-32-33-35-37-39-41-43-45-47-57(75)70-52(53(74)46-44-42-40-38-36-34-16-14-12-10-8-6-4-2)51-83-67-63(81)60(78)65(55(49-72)85-67)88-69-64(82)61(79)66(56(50-73)86-69)87-68-62(80)59(77)58(76)54(48-71)84-68/h52-56,58-69,71-74,76-82H,3-51H2,1-2H3,(H,70,75). The molecule has 19 heteroatoms. The van der Waals surface area contributed by atoms with Gasteiger partial charge in [-0.3, -0.25) is 4.79 Å². The van der Waals surface area contributed by atoms with Crippen LogP contribution in [0.1, 0.15) is 303 Å². The Balaban J connectivity index is 1.35. The molecule has 0 saturated carbocycles. The Morgan fingerprint density at radius 3 is 0.989 bits per heavy atom. The molecule has 0 aliphatic carbocycles. The zero-order valence-corrected chi connectivity index (χ0v) is 55.2. The van der Waals surface area contributed by atoms with Crippen LogP contribution in [0.25, 0.3) is 0 Å². The maximum absolute atomic E-state index is 13.4. The Morgan fingerprint density at radius 1 is 0.364 bits per heavy atom. The van der Waals surface area contributed by atoms with Gasteiger partial charge in [0.1, 0.15) is 73.2 Å². The number of amides is 1. The van der Waals surface area contributed by atoms with Gasteiger partial charge in [-0.2, -0.15) is 0 Å². The smallest absolute Gasteiger partial charge is 0.220 e. The second-order valence-electron chi connectivity index (χ2n) is 26.4. The van der Waals surface area contributed by atoms with E-state index in [1.165, 1.54) is 225 Å². The molecule has 522 valence electrons. The minimum Gasteiger partial charge on any atom is -0.394 e. The average molecular weight is 1260 g/mol. The van der Waals surface area contributed by atoms with Gasteiger partial charge < -0.3 is 89.9 Å². The molecule has 1 amide bonds. The summed E-state index contributed by atoms with van der Waals surface area (Å²) in [7, 11) is 0. The molecule has 12 N–H and O–H groups in total. The summed E-state index contributed by atoms with van der Waals surface area (Å²) < 4.78 is 34.4. The maximum Gasteiger partial charge on any atom is 0.220 e. The van der Waals surface area contributed by atoms with E-state index in [9.17, 15) is 61.0 Å². The summed E-state index contributed by atoms with van der Waals surface area (Å²) in [5.41, 5.74) is 0. The molecule has 0 aromatic heterocycles. The topological polar surface area (TPSA) is 307 Å². The minimum absolute atomic E-state index is 0.236. The maximum atomic E-state index is 13.4. The highest BCUT2D eigenvalue weighted by molar-refractivity contribution is 5.76. The fourth-order valence-electron chi connectivity index (χ4n) is 12.8. The molecule has 3 fully saturated rings. The molecule has 0 spiro atoms. The molecule has 0 bridgehead atoms. The van der Waals surface area contributed by atoms with Gasteiger partial charge in [0.25, 0.3) is 0 Å². The summed E-state index contributed by atoms with van der Waals surface area (Å²) in [5, 5.41) is 121. The van der Waals surface area contributed by atoms with Crippen molar-refractivity contribution in [2.75, 3.05) is 26.4 Å². The number of carbonyl (C=O) groups excluding carboxylic acids is 1. The first kappa shape index (κ1) is 81.0. The number of hydrogen-bond acceptors (Lipinski definition) is 18. The summed E-state index contributed by atoms with van der Waals surface area (Å²) in [4.78, 5) is 13.4. The summed E-state index contributed by atoms with van der Waals surface area (Å²) in [5.74, 6) is -0.236. The third kappa shape index (κ3) is 33.8. The fourth-order valence-corrected chi connectivity index (χ4v) is 12.8. The Bertz CT molecular complexity index is 1600. The van der Waals surface area contributed by atoms with Gasteiger partial charge in [0.15, 0.2) is 18.9 Å². The summed E-state index contributed by atoms with van der Waals surface area (Å²) in [6, 6.07) is -0.881. The van der Waals surface area contributed by atoms with Crippen LogP contribution in [0.2, 0.25) is 0 Å². The highest BCUT2D eigenvalue weighted by Gasteiger charge is 2.53. The Kier molecular flexibility index (Phi) is 48.0. The van der Waals surface area contributed by atoms with E-state index >= 15 is 0 Å². The van der Waals surface area contributed by atoms with Crippen LogP contribution in [0.15, 0.2) is 0 Å². The first-order valence-corrected chi connectivity index (χ1v) is 36.3. The molecule has 17 unspecified atom stereocenters. The van der Waals surface area contributed by atoms with Crippen molar-refractivity contribution in [3.05, 3.63) is 0 Å². The van der Waals surface area contributed by atoms with Gasteiger partial charge in [0, 0.05) is 6.42 Å². The van der Waals surface area contributed by atoms with E-state index in [-0.39, 0.29) is 18.9 Å². The van der Waals surface area contributed by atoms with E-state index in [1.807, 2.05) is 0 Å². The number of aliphatic hydroxyl groups excluding tert-OH is 11. The molecule has 17 atom stereocenters. The largest absolute Gasteiger partial charge is 0.394 e. The minimum atomic E-state index is -1.97. The van der Waals surface area contributed by atoms with E-state index in [4.69, 9.17) is 28.4 Å². The van der Waals surface area contributed by atoms with E-state index in [1.54, 1.807) is 0 Å². The Morgan fingerprint density at radius 2 is 0.648 bits per heavy atom. The lowest BCUT2D eigenvalue weighted by Gasteiger charge is -2.48. The molecule has 3 rings (SSSR count). The van der Waals surface area contributed by atoms with Crippen molar-refractivity contribution < 1.29 is 89.4 Å². The van der Waals surface area contributed by atoms with Gasteiger partial charge in [0.2, 0.25) is 5.91 Å². The van der Waals surface area contributed by atoms with Crippen LogP contribution < -0.4 is 5.32 Å². The highest BCUT2D eigenvalue weighted by Crippen LogP contribution is 2.33. The number of unbranched alkanes of at least 4 members (excludes halogenated alkanes) is 41. The second-order valence-corrected chi connectivity index (χ2v) is 26.4. The van der Waals surface area contributed by atoms with Gasteiger partial charge >= 0.3 is 0 Å². The predicted molar refractivity (Wildman–Crippen MR) is 342 cm³/mol. The third-order valence-electron chi connectivity index (χ3n) is 18.7. The van der Waals surface area contributed by atoms with Crippen molar-refractivity contribution in [2.24, 2.45) is 0 Å². The predicted octanol–water partition coefficient (Wildman–Crippen LogP) is 9.89. The summed E-state index contributed by atoms with van der Waals surface area (Å²) >= 11 is 0. The lowest BCUT2D eigenvalue weighted by molar-refractivity contribution is -0.379. The van der Waals surface area contributed by atoms with Crippen molar-refractivity contribution in [3.63, 3.8) is 0 Å². The first-order chi connectivity index (χ1) is 42.8. The molecule has 88 heavy (non-hydrogen) atoms. The van der Waals surface area contributed by atoms with E-state index in [0.717, 1.165) is 44.9 Å². The molecular formula is C69H133NO18. The van der Waals surface area contributed by atoms with Crippen molar-refractivity contribution in [1.29, 1.82) is 0 Å². The average Bonchev–Trinajstić information content (AvgIpc) is 1.14. The van der Waals surface area contributed by atoms with Crippen molar-refractivity contribution in [3.8, 4) is 0 Å². The second kappa shape index (κ2) is 52.1. The van der Waals surface area contributed by atoms with Crippen LogP contribution in [0.4, 0.5) is 0 Å². The van der Waals surface area contributed by atoms with Crippen LogP contribution in [-0.2, 0) is 33.2 Å². The van der Waals surface area contributed by atoms with Crippen LogP contribution in [0, 0.1) is 0 Å². The van der Waals surface area contributed by atoms with E-state index < -0.39 is 124 Å². The molecule has 0 aromatic rings. The highest BCUT2D eigenvalue weighted by atomic mass is 16.8. The van der Waals surface area contributed by atoms with Gasteiger partial charge in [0.05, 0.1) is 38.6 Å². The molecule has 3 heterocycles. The third-order valence-corrected chi connectivity index (χ3v) is 18.7. The van der Waals surface area contributed by atoms with E-state index in [0.29, 0.717) is 12.8 Å². The lowest BCUT2D eigenvalue weighted by atomic mass is 9.96. The number of carbonyl (C=O) groups is 1. The van der Waals surface area contributed by atoms with Crippen LogP contribution in [-0.4, -0.2) is 193 Å². The molecule has 0 radical (unpaired) electrons. The molecule has 3 saturated heterocycles. The normalized spacial score (nSPS) is 28.3. The fraction of sp³-hybridized carbons (Fsp3) is 0.986. The van der Waals surface area contributed by atoms with E-state index in [2.05, 4.69) is 19.2 Å². The Labute approximate surface area is 532 Å². The Hall–Kier alpha value is -1.21. The van der Waals surface area contributed by atoms with Crippen molar-refractivity contribution in [1.82, 2.24) is 5.32 Å². The first-order valence-electron chi connectivity index (χ1n) is 36.3. The molecule has 3 aliphatic heterocycles. The number of hydrogen-bond donors (Lipinski definition) is 12. The van der Waals surface area contributed by atoms with Crippen LogP contribution in [0.5, 0.6) is 0 Å². The quantitative estimate of drug-likeness (QED) is 0.0252. The van der Waals surface area contributed by atoms with Gasteiger partial charge in [-0.25, -0.2) is 0 Å². The molecule has 0 aromatic carbocycles.